The van der Waals surface area contributed by atoms with Crippen LogP contribution in [-0.2, 0) is 4.74 Å². The number of hydrogen-bond acceptors (Lipinski definition) is 3. The summed E-state index contributed by atoms with van der Waals surface area (Å²) in [6.45, 7) is 2.99. The molecular weight excluding hydrogens is 272 g/mol. The Morgan fingerprint density at radius 2 is 2.35 bits per heavy atom. The van der Waals surface area contributed by atoms with E-state index in [1.165, 1.54) is 18.6 Å². The molecule has 4 nitrogen and oxygen atoms in total. The third kappa shape index (κ3) is 3.42. The minimum absolute atomic E-state index is 0.0290. The van der Waals surface area contributed by atoms with Crippen LogP contribution in [0.1, 0.15) is 45.4 Å². The molecule has 3 aliphatic rings. The molecule has 2 heterocycles. The minimum atomic E-state index is 0.0290. The summed E-state index contributed by atoms with van der Waals surface area (Å²) in [6, 6.07) is 0.734. The van der Waals surface area contributed by atoms with Crippen LogP contribution in [0.25, 0.3) is 0 Å². The first-order valence-electron chi connectivity index (χ1n) is 7.99. The lowest BCUT2D eigenvalue weighted by molar-refractivity contribution is -0.0684. The molecule has 20 heavy (non-hydrogen) atoms. The Kier molecular flexibility index (Phi) is 4.46. The van der Waals surface area contributed by atoms with E-state index in [9.17, 15) is 4.79 Å². The maximum Gasteiger partial charge on any atom is 0.315 e. The summed E-state index contributed by atoms with van der Waals surface area (Å²) in [5, 5.41) is 6.28. The van der Waals surface area contributed by atoms with Crippen molar-refractivity contribution in [2.75, 3.05) is 18.1 Å². The molecule has 0 aromatic rings. The van der Waals surface area contributed by atoms with Crippen molar-refractivity contribution in [2.45, 2.75) is 63.1 Å². The average molecular weight is 298 g/mol. The third-order valence-electron chi connectivity index (χ3n) is 4.79. The van der Waals surface area contributed by atoms with Crippen LogP contribution in [0.3, 0.4) is 0 Å². The van der Waals surface area contributed by atoms with E-state index >= 15 is 0 Å². The van der Waals surface area contributed by atoms with Gasteiger partial charge in [-0.15, -0.1) is 0 Å². The molecule has 0 radical (unpaired) electrons. The lowest BCUT2D eigenvalue weighted by Crippen LogP contribution is -2.51. The Labute approximate surface area is 125 Å². The highest BCUT2D eigenvalue weighted by atomic mass is 32.2. The van der Waals surface area contributed by atoms with Crippen molar-refractivity contribution in [2.24, 2.45) is 5.92 Å². The summed E-state index contributed by atoms with van der Waals surface area (Å²) in [6.07, 6.45) is 6.68. The van der Waals surface area contributed by atoms with Crippen molar-refractivity contribution in [1.29, 1.82) is 0 Å². The van der Waals surface area contributed by atoms with E-state index in [1.807, 2.05) is 11.8 Å². The Hall–Kier alpha value is -0.420. The number of amides is 2. The quantitative estimate of drug-likeness (QED) is 0.838. The topological polar surface area (TPSA) is 50.4 Å². The zero-order chi connectivity index (χ0) is 14.0. The number of thioether (sulfide) groups is 1. The van der Waals surface area contributed by atoms with Gasteiger partial charge in [0.2, 0.25) is 0 Å². The molecule has 2 saturated heterocycles. The van der Waals surface area contributed by atoms with Crippen molar-refractivity contribution in [3.8, 4) is 0 Å². The van der Waals surface area contributed by atoms with Crippen molar-refractivity contribution in [3.05, 3.63) is 0 Å². The Balaban J connectivity index is 1.42. The van der Waals surface area contributed by atoms with Crippen LogP contribution in [0.2, 0.25) is 0 Å². The highest BCUT2D eigenvalue weighted by molar-refractivity contribution is 7.99. The van der Waals surface area contributed by atoms with Crippen LogP contribution < -0.4 is 10.6 Å². The molecule has 114 valence electrons. The zero-order valence-corrected chi connectivity index (χ0v) is 13.1. The van der Waals surface area contributed by atoms with Gasteiger partial charge in [0.25, 0.3) is 0 Å². The predicted molar refractivity (Wildman–Crippen MR) is 82.1 cm³/mol. The molecular formula is C15H26N2O2S. The molecule has 3 rings (SSSR count). The van der Waals surface area contributed by atoms with Gasteiger partial charge in [-0.25, -0.2) is 4.79 Å². The van der Waals surface area contributed by atoms with Crippen LogP contribution in [0, 0.1) is 5.92 Å². The molecule has 1 spiro atoms. The molecule has 1 saturated carbocycles. The lowest BCUT2D eigenvalue weighted by Gasteiger charge is -2.38. The van der Waals surface area contributed by atoms with Gasteiger partial charge in [0.1, 0.15) is 0 Å². The molecule has 0 unspecified atom stereocenters. The molecule has 2 amide bonds. The summed E-state index contributed by atoms with van der Waals surface area (Å²) in [4.78, 5) is 12.0. The van der Waals surface area contributed by atoms with E-state index < -0.39 is 0 Å². The van der Waals surface area contributed by atoms with Crippen LogP contribution in [-0.4, -0.2) is 41.8 Å². The van der Waals surface area contributed by atoms with Gasteiger partial charge < -0.3 is 15.4 Å². The number of nitrogens with one attached hydrogen (secondary N) is 2. The first-order chi connectivity index (χ1) is 9.71. The number of carbonyl (C=O) groups is 1. The van der Waals surface area contributed by atoms with Crippen molar-refractivity contribution in [3.63, 3.8) is 0 Å². The molecule has 4 atom stereocenters. The first kappa shape index (κ1) is 14.5. The number of ether oxygens (including phenoxy) is 1. The summed E-state index contributed by atoms with van der Waals surface area (Å²) in [5.74, 6) is 3.01. The van der Waals surface area contributed by atoms with E-state index in [0.717, 1.165) is 44.0 Å². The number of carbonyl (C=O) groups excluding carboxylic acids is 1. The predicted octanol–water partition coefficient (Wildman–Crippen LogP) is 2.53. The number of hydrogen-bond donors (Lipinski definition) is 2. The summed E-state index contributed by atoms with van der Waals surface area (Å²) < 4.78 is 5.99. The zero-order valence-electron chi connectivity index (χ0n) is 12.3. The van der Waals surface area contributed by atoms with Crippen LogP contribution in [0.15, 0.2) is 0 Å². The summed E-state index contributed by atoms with van der Waals surface area (Å²) in [7, 11) is 0. The fraction of sp³-hybridized carbons (Fsp3) is 0.933. The third-order valence-corrected chi connectivity index (χ3v) is 6.02. The van der Waals surface area contributed by atoms with Gasteiger partial charge in [0, 0.05) is 24.4 Å². The second-order valence-electron chi connectivity index (χ2n) is 6.53. The molecule has 0 bridgehead atoms. The summed E-state index contributed by atoms with van der Waals surface area (Å²) in [5.41, 5.74) is 0.0468. The molecule has 1 aliphatic carbocycles. The Morgan fingerprint density at radius 3 is 3.10 bits per heavy atom. The van der Waals surface area contributed by atoms with Crippen LogP contribution in [0.5, 0.6) is 0 Å². The first-order valence-corrected chi connectivity index (χ1v) is 9.15. The number of rotatable bonds is 4. The van der Waals surface area contributed by atoms with Gasteiger partial charge in [-0.1, -0.05) is 13.3 Å². The molecule has 0 aromatic heterocycles. The molecule has 0 aromatic carbocycles. The van der Waals surface area contributed by atoms with E-state index in [0.29, 0.717) is 6.04 Å². The SMILES string of the molecule is CCC[C@@H]1C[C@@H]1NC(=O)N[C@H]1CCO[C@]2(CCSC2)C1. The smallest absolute Gasteiger partial charge is 0.315 e. The van der Waals surface area contributed by atoms with E-state index in [4.69, 9.17) is 4.74 Å². The normalized spacial score (nSPS) is 39.8. The van der Waals surface area contributed by atoms with Gasteiger partial charge in [-0.05, 0) is 43.8 Å². The van der Waals surface area contributed by atoms with Gasteiger partial charge in [-0.3, -0.25) is 0 Å². The monoisotopic (exact) mass is 298 g/mol. The van der Waals surface area contributed by atoms with Crippen molar-refractivity contribution in [1.82, 2.24) is 10.6 Å². The van der Waals surface area contributed by atoms with E-state index in [2.05, 4.69) is 17.6 Å². The molecule has 3 fully saturated rings. The van der Waals surface area contributed by atoms with Gasteiger partial charge >= 0.3 is 6.03 Å². The maximum absolute atomic E-state index is 12.0. The molecule has 2 aliphatic heterocycles. The second kappa shape index (κ2) is 6.14. The maximum atomic E-state index is 12.0. The molecule has 2 N–H and O–H groups in total. The fourth-order valence-corrected chi connectivity index (χ4v) is 4.90. The van der Waals surface area contributed by atoms with Gasteiger partial charge in [-0.2, -0.15) is 11.8 Å². The van der Waals surface area contributed by atoms with Gasteiger partial charge in [0.15, 0.2) is 0 Å². The molecule has 5 heteroatoms. The average Bonchev–Trinajstić information content (AvgIpc) is 2.97. The van der Waals surface area contributed by atoms with E-state index in [-0.39, 0.29) is 17.7 Å². The Morgan fingerprint density at radius 1 is 1.45 bits per heavy atom. The van der Waals surface area contributed by atoms with Crippen LogP contribution in [0.4, 0.5) is 4.79 Å². The minimum Gasteiger partial charge on any atom is -0.374 e. The van der Waals surface area contributed by atoms with Crippen molar-refractivity contribution < 1.29 is 9.53 Å². The highest BCUT2D eigenvalue weighted by Gasteiger charge is 2.41. The second-order valence-corrected chi connectivity index (χ2v) is 7.64. The largest absolute Gasteiger partial charge is 0.374 e. The fourth-order valence-electron chi connectivity index (χ4n) is 3.52. The van der Waals surface area contributed by atoms with Crippen molar-refractivity contribution >= 4 is 17.8 Å². The lowest BCUT2D eigenvalue weighted by atomic mass is 9.90. The van der Waals surface area contributed by atoms with E-state index in [1.54, 1.807) is 0 Å². The summed E-state index contributed by atoms with van der Waals surface area (Å²) >= 11 is 1.97. The standard InChI is InChI=1S/C15H26N2O2S/c1-2-3-11-8-13(11)17-14(18)16-12-4-6-19-15(9-12)5-7-20-10-15/h11-13H,2-10H2,1H3,(H2,16,17,18)/t11-,12+,13+,15-/m1/s1. The Bertz CT molecular complexity index is 358. The highest BCUT2D eigenvalue weighted by Crippen LogP contribution is 2.38. The van der Waals surface area contributed by atoms with Gasteiger partial charge in [0.05, 0.1) is 5.60 Å². The number of urea groups is 1. The van der Waals surface area contributed by atoms with Crippen LogP contribution >= 0.6 is 11.8 Å².